The average Bonchev–Trinajstić information content (AvgIpc) is 2.22. The Hall–Kier alpha value is -0.870. The highest BCUT2D eigenvalue weighted by Gasteiger charge is 2.32. The maximum Gasteiger partial charge on any atom is 0.236 e. The number of carbonyl (C=O) groups excluding carboxylic acids is 1. The fourth-order valence-electron chi connectivity index (χ4n) is 1.85. The Morgan fingerprint density at radius 2 is 2.19 bits per heavy atom. The number of hydrogen-bond donors (Lipinski definition) is 1. The van der Waals surface area contributed by atoms with E-state index in [2.05, 4.69) is 37.7 Å². The van der Waals surface area contributed by atoms with Crippen molar-refractivity contribution >= 4 is 5.91 Å². The molecule has 0 spiro atoms. The number of rotatable bonds is 4. The first kappa shape index (κ1) is 13.2. The Morgan fingerprint density at radius 3 is 2.75 bits per heavy atom. The summed E-state index contributed by atoms with van der Waals surface area (Å²) in [5.74, 6) is 0.183. The van der Waals surface area contributed by atoms with Crippen molar-refractivity contribution in [3.05, 3.63) is 12.7 Å². The van der Waals surface area contributed by atoms with Gasteiger partial charge in [-0.3, -0.25) is 9.69 Å². The van der Waals surface area contributed by atoms with Crippen LogP contribution in [0.4, 0.5) is 0 Å². The van der Waals surface area contributed by atoms with Crippen molar-refractivity contribution < 1.29 is 4.79 Å². The van der Waals surface area contributed by atoms with Gasteiger partial charge >= 0.3 is 0 Å². The Kier molecular flexibility index (Phi) is 4.50. The zero-order valence-electron chi connectivity index (χ0n) is 10.6. The van der Waals surface area contributed by atoms with Crippen molar-refractivity contribution in [1.82, 2.24) is 15.1 Å². The molecule has 0 bridgehead atoms. The third kappa shape index (κ3) is 3.32. The van der Waals surface area contributed by atoms with Crippen molar-refractivity contribution in [3.8, 4) is 0 Å². The van der Waals surface area contributed by atoms with E-state index in [1.165, 1.54) is 0 Å². The van der Waals surface area contributed by atoms with E-state index in [0.29, 0.717) is 13.1 Å². The summed E-state index contributed by atoms with van der Waals surface area (Å²) >= 11 is 0. The molecule has 0 aromatic carbocycles. The summed E-state index contributed by atoms with van der Waals surface area (Å²) < 4.78 is 0. The summed E-state index contributed by atoms with van der Waals surface area (Å²) in [6.07, 6.45) is 1.77. The van der Waals surface area contributed by atoms with E-state index >= 15 is 0 Å². The van der Waals surface area contributed by atoms with Crippen LogP contribution in [0.25, 0.3) is 0 Å². The van der Waals surface area contributed by atoms with Crippen LogP contribution in [0, 0.1) is 0 Å². The van der Waals surface area contributed by atoms with E-state index in [1.807, 2.05) is 4.90 Å². The third-order valence-electron chi connectivity index (χ3n) is 3.23. The Bertz CT molecular complexity index is 263. The number of piperazine rings is 1. The second-order valence-electron chi connectivity index (χ2n) is 4.97. The van der Waals surface area contributed by atoms with Crippen LogP contribution in [0.3, 0.4) is 0 Å². The first-order valence-electron chi connectivity index (χ1n) is 5.78. The molecule has 4 nitrogen and oxygen atoms in total. The maximum atomic E-state index is 11.9. The zero-order valence-corrected chi connectivity index (χ0v) is 10.6. The van der Waals surface area contributed by atoms with Crippen LogP contribution in [0.1, 0.15) is 13.8 Å². The van der Waals surface area contributed by atoms with Crippen molar-refractivity contribution in [2.45, 2.75) is 19.4 Å². The van der Waals surface area contributed by atoms with Gasteiger partial charge in [0.2, 0.25) is 5.91 Å². The molecular formula is C12H23N3O. The summed E-state index contributed by atoms with van der Waals surface area (Å²) in [6.45, 7) is 11.6. The van der Waals surface area contributed by atoms with Crippen molar-refractivity contribution in [2.24, 2.45) is 0 Å². The second-order valence-corrected chi connectivity index (χ2v) is 4.97. The van der Waals surface area contributed by atoms with Gasteiger partial charge in [0, 0.05) is 31.7 Å². The SMILES string of the molecule is C=CCNCC(=O)N1CCN(C)C(C)(C)C1. The minimum Gasteiger partial charge on any atom is -0.338 e. The Morgan fingerprint density at radius 1 is 1.50 bits per heavy atom. The third-order valence-corrected chi connectivity index (χ3v) is 3.23. The van der Waals surface area contributed by atoms with E-state index in [1.54, 1.807) is 6.08 Å². The van der Waals surface area contributed by atoms with Gasteiger partial charge in [0.25, 0.3) is 0 Å². The molecule has 0 aromatic rings. The van der Waals surface area contributed by atoms with Gasteiger partial charge in [-0.15, -0.1) is 6.58 Å². The van der Waals surface area contributed by atoms with E-state index in [4.69, 9.17) is 0 Å². The van der Waals surface area contributed by atoms with Crippen LogP contribution in [-0.2, 0) is 4.79 Å². The van der Waals surface area contributed by atoms with Gasteiger partial charge in [-0.05, 0) is 20.9 Å². The van der Waals surface area contributed by atoms with Crippen molar-refractivity contribution in [3.63, 3.8) is 0 Å². The minimum atomic E-state index is 0.0757. The topological polar surface area (TPSA) is 35.6 Å². The molecule has 0 aromatic heterocycles. The highest BCUT2D eigenvalue weighted by atomic mass is 16.2. The van der Waals surface area contributed by atoms with Crippen LogP contribution in [0.15, 0.2) is 12.7 Å². The molecule has 1 aliphatic heterocycles. The van der Waals surface area contributed by atoms with Gasteiger partial charge in [0.05, 0.1) is 6.54 Å². The molecule has 1 N–H and O–H groups in total. The molecule has 1 heterocycles. The summed E-state index contributed by atoms with van der Waals surface area (Å²) in [5, 5.41) is 3.05. The van der Waals surface area contributed by atoms with Gasteiger partial charge in [-0.2, -0.15) is 0 Å². The molecule has 16 heavy (non-hydrogen) atoms. The molecule has 1 fully saturated rings. The Balaban J connectivity index is 2.43. The normalized spacial score (nSPS) is 20.8. The molecule has 0 atom stereocenters. The highest BCUT2D eigenvalue weighted by molar-refractivity contribution is 5.78. The largest absolute Gasteiger partial charge is 0.338 e. The van der Waals surface area contributed by atoms with Gasteiger partial charge in [-0.25, -0.2) is 0 Å². The molecule has 1 saturated heterocycles. The van der Waals surface area contributed by atoms with Gasteiger partial charge in [-0.1, -0.05) is 6.08 Å². The van der Waals surface area contributed by atoms with E-state index in [0.717, 1.165) is 19.6 Å². The molecule has 0 saturated carbocycles. The second kappa shape index (κ2) is 5.46. The Labute approximate surface area is 98.3 Å². The van der Waals surface area contributed by atoms with Crippen LogP contribution in [0.2, 0.25) is 0 Å². The molecule has 1 aliphatic rings. The lowest BCUT2D eigenvalue weighted by atomic mass is 10.00. The van der Waals surface area contributed by atoms with Gasteiger partial charge in [0.1, 0.15) is 0 Å². The molecule has 0 unspecified atom stereocenters. The minimum absolute atomic E-state index is 0.0757. The molecule has 0 aliphatic carbocycles. The van der Waals surface area contributed by atoms with Crippen LogP contribution in [0.5, 0.6) is 0 Å². The molecule has 1 amide bonds. The first-order valence-corrected chi connectivity index (χ1v) is 5.78. The summed E-state index contributed by atoms with van der Waals surface area (Å²) in [7, 11) is 2.11. The smallest absolute Gasteiger partial charge is 0.236 e. The number of nitrogens with zero attached hydrogens (tertiary/aromatic N) is 2. The fraction of sp³-hybridized carbons (Fsp3) is 0.750. The summed E-state index contributed by atoms with van der Waals surface area (Å²) in [5.41, 5.74) is 0.0757. The molecule has 92 valence electrons. The van der Waals surface area contributed by atoms with E-state index in [-0.39, 0.29) is 11.4 Å². The van der Waals surface area contributed by atoms with Gasteiger partial charge in [0.15, 0.2) is 0 Å². The standard InChI is InChI=1S/C12H23N3O/c1-5-6-13-9-11(16)15-8-7-14(4)12(2,3)10-15/h5,13H,1,6-10H2,2-4H3. The van der Waals surface area contributed by atoms with Crippen molar-refractivity contribution in [1.29, 1.82) is 0 Å². The van der Waals surface area contributed by atoms with E-state index in [9.17, 15) is 4.79 Å². The number of carbonyl (C=O) groups is 1. The average molecular weight is 225 g/mol. The fourth-order valence-corrected chi connectivity index (χ4v) is 1.85. The highest BCUT2D eigenvalue weighted by Crippen LogP contribution is 2.18. The molecule has 4 heteroatoms. The zero-order chi connectivity index (χ0) is 12.2. The van der Waals surface area contributed by atoms with Crippen LogP contribution < -0.4 is 5.32 Å². The van der Waals surface area contributed by atoms with Crippen LogP contribution >= 0.6 is 0 Å². The molecule has 1 rings (SSSR count). The quantitative estimate of drug-likeness (QED) is 0.553. The predicted octanol–water partition coefficient (Wildman–Crippen LogP) is 0.315. The lowest BCUT2D eigenvalue weighted by Crippen LogP contribution is -2.59. The van der Waals surface area contributed by atoms with Crippen molar-refractivity contribution in [2.75, 3.05) is 39.8 Å². The lowest BCUT2D eigenvalue weighted by Gasteiger charge is -2.45. The van der Waals surface area contributed by atoms with E-state index < -0.39 is 0 Å². The molecular weight excluding hydrogens is 202 g/mol. The number of nitrogens with one attached hydrogen (secondary N) is 1. The monoisotopic (exact) mass is 225 g/mol. The van der Waals surface area contributed by atoms with Crippen LogP contribution in [-0.4, -0.2) is 61.0 Å². The number of amides is 1. The first-order chi connectivity index (χ1) is 7.47. The molecule has 0 radical (unpaired) electrons. The lowest BCUT2D eigenvalue weighted by molar-refractivity contribution is -0.134. The predicted molar refractivity (Wildman–Crippen MR) is 66.4 cm³/mol. The number of hydrogen-bond acceptors (Lipinski definition) is 3. The number of likely N-dealkylation sites (N-methyl/N-ethyl adjacent to an activating group) is 1. The maximum absolute atomic E-state index is 11.9. The van der Waals surface area contributed by atoms with Gasteiger partial charge < -0.3 is 10.2 Å². The summed E-state index contributed by atoms with van der Waals surface area (Å²) in [6, 6.07) is 0. The summed E-state index contributed by atoms with van der Waals surface area (Å²) in [4.78, 5) is 16.1.